The normalized spacial score (nSPS) is 9.81. The number of benzene rings is 1. The van der Waals surface area contributed by atoms with Gasteiger partial charge in [0.15, 0.2) is 0 Å². The zero-order valence-corrected chi connectivity index (χ0v) is 9.67. The molecule has 82 valence electrons. The van der Waals surface area contributed by atoms with Gasteiger partial charge in [0.2, 0.25) is 0 Å². The van der Waals surface area contributed by atoms with E-state index in [9.17, 15) is 4.79 Å². The van der Waals surface area contributed by atoms with Gasteiger partial charge in [0.1, 0.15) is 0 Å². The lowest BCUT2D eigenvalue weighted by Crippen LogP contribution is -2.18. The molecule has 0 aliphatic heterocycles. The van der Waals surface area contributed by atoms with Crippen LogP contribution in [0.2, 0.25) is 0 Å². The van der Waals surface area contributed by atoms with E-state index in [0.717, 1.165) is 16.3 Å². The summed E-state index contributed by atoms with van der Waals surface area (Å²) < 4.78 is 0. The number of hydrogen-bond acceptors (Lipinski definition) is 2. The Balaban J connectivity index is 1.97. The first-order chi connectivity index (χ1) is 7.74. The summed E-state index contributed by atoms with van der Waals surface area (Å²) in [5.41, 5.74) is 1.92. The monoisotopic (exact) mass is 232 g/mol. The quantitative estimate of drug-likeness (QED) is 0.814. The molecule has 0 fully saturated rings. The fourth-order valence-electron chi connectivity index (χ4n) is 1.35. The third kappa shape index (κ3) is 2.84. The minimum absolute atomic E-state index is 0.215. The van der Waals surface area contributed by atoms with Crippen LogP contribution in [-0.2, 0) is 0 Å². The second-order valence-electron chi connectivity index (χ2n) is 3.43. The van der Waals surface area contributed by atoms with Crippen LogP contribution < -0.4 is 10.6 Å². The Kier molecular flexibility index (Phi) is 3.22. The SMILES string of the molecule is Cc1cccc(NC(=O)Nc2cccs2)c1. The first-order valence-corrected chi connectivity index (χ1v) is 5.80. The molecule has 0 saturated carbocycles. The largest absolute Gasteiger partial charge is 0.324 e. The summed E-state index contributed by atoms with van der Waals surface area (Å²) in [6.45, 7) is 1.99. The van der Waals surface area contributed by atoms with Crippen molar-refractivity contribution in [1.29, 1.82) is 0 Å². The molecule has 0 radical (unpaired) electrons. The highest BCUT2D eigenvalue weighted by Gasteiger charge is 2.02. The Morgan fingerprint density at radius 3 is 2.75 bits per heavy atom. The summed E-state index contributed by atoms with van der Waals surface area (Å²) in [6.07, 6.45) is 0. The van der Waals surface area contributed by atoms with Gasteiger partial charge in [-0.3, -0.25) is 5.32 Å². The standard InChI is InChI=1S/C12H12N2OS/c1-9-4-2-5-10(8-9)13-12(15)14-11-6-3-7-16-11/h2-8H,1H3,(H2,13,14,15). The van der Waals surface area contributed by atoms with E-state index < -0.39 is 0 Å². The Bertz CT molecular complexity index is 480. The van der Waals surface area contributed by atoms with Crippen molar-refractivity contribution >= 4 is 28.1 Å². The number of rotatable bonds is 2. The Hall–Kier alpha value is -1.81. The zero-order chi connectivity index (χ0) is 11.4. The first-order valence-electron chi connectivity index (χ1n) is 4.92. The van der Waals surface area contributed by atoms with E-state index in [4.69, 9.17) is 0 Å². The number of nitrogens with one attached hydrogen (secondary N) is 2. The van der Waals surface area contributed by atoms with Crippen molar-refractivity contribution in [2.75, 3.05) is 10.6 Å². The second kappa shape index (κ2) is 4.81. The number of hydrogen-bond donors (Lipinski definition) is 2. The number of aryl methyl sites for hydroxylation is 1. The van der Waals surface area contributed by atoms with Crippen LogP contribution in [0.5, 0.6) is 0 Å². The highest BCUT2D eigenvalue weighted by molar-refractivity contribution is 7.14. The summed E-state index contributed by atoms with van der Waals surface area (Å²) in [5, 5.41) is 8.29. The number of carbonyl (C=O) groups excluding carboxylic acids is 1. The Morgan fingerprint density at radius 2 is 2.06 bits per heavy atom. The molecule has 4 heteroatoms. The maximum Gasteiger partial charge on any atom is 0.324 e. The smallest absolute Gasteiger partial charge is 0.308 e. The number of anilines is 2. The van der Waals surface area contributed by atoms with E-state index in [1.807, 2.05) is 48.7 Å². The number of urea groups is 1. The van der Waals surface area contributed by atoms with Crippen LogP contribution in [0.1, 0.15) is 5.56 Å². The molecule has 0 saturated heterocycles. The van der Waals surface area contributed by atoms with Gasteiger partial charge in [-0.25, -0.2) is 4.79 Å². The molecule has 1 aromatic carbocycles. The first kappa shape index (κ1) is 10.7. The molecule has 3 nitrogen and oxygen atoms in total. The maximum absolute atomic E-state index is 11.6. The predicted octanol–water partition coefficient (Wildman–Crippen LogP) is 3.70. The average Bonchev–Trinajstić information content (AvgIpc) is 2.70. The van der Waals surface area contributed by atoms with Crippen LogP contribution in [0.3, 0.4) is 0 Å². The molecule has 2 rings (SSSR count). The van der Waals surface area contributed by atoms with Crippen molar-refractivity contribution in [3.8, 4) is 0 Å². The van der Waals surface area contributed by atoms with Crippen molar-refractivity contribution in [3.63, 3.8) is 0 Å². The van der Waals surface area contributed by atoms with Gasteiger partial charge in [-0.15, -0.1) is 11.3 Å². The van der Waals surface area contributed by atoms with Gasteiger partial charge in [0, 0.05) is 5.69 Å². The molecule has 0 atom stereocenters. The zero-order valence-electron chi connectivity index (χ0n) is 8.86. The van der Waals surface area contributed by atoms with Gasteiger partial charge >= 0.3 is 6.03 Å². The number of carbonyl (C=O) groups is 1. The molecule has 16 heavy (non-hydrogen) atoms. The van der Waals surface area contributed by atoms with E-state index in [2.05, 4.69) is 10.6 Å². The summed E-state index contributed by atoms with van der Waals surface area (Å²) in [4.78, 5) is 11.6. The van der Waals surface area contributed by atoms with Crippen molar-refractivity contribution in [2.24, 2.45) is 0 Å². The van der Waals surface area contributed by atoms with Crippen molar-refractivity contribution in [2.45, 2.75) is 6.92 Å². The summed E-state index contributed by atoms with van der Waals surface area (Å²) >= 11 is 1.49. The molecule has 0 aliphatic carbocycles. The summed E-state index contributed by atoms with van der Waals surface area (Å²) in [7, 11) is 0. The van der Waals surface area contributed by atoms with E-state index in [1.54, 1.807) is 0 Å². The lowest BCUT2D eigenvalue weighted by molar-refractivity contribution is 0.262. The fraction of sp³-hybridized carbons (Fsp3) is 0.0833. The molecular formula is C12H12N2OS. The lowest BCUT2D eigenvalue weighted by atomic mass is 10.2. The minimum atomic E-state index is -0.215. The second-order valence-corrected chi connectivity index (χ2v) is 4.37. The molecule has 1 aromatic heterocycles. The van der Waals surface area contributed by atoms with Crippen LogP contribution in [0.4, 0.5) is 15.5 Å². The predicted molar refractivity (Wildman–Crippen MR) is 68.1 cm³/mol. The highest BCUT2D eigenvalue weighted by Crippen LogP contribution is 2.16. The molecule has 0 unspecified atom stereocenters. The topological polar surface area (TPSA) is 41.1 Å². The van der Waals surface area contributed by atoms with Crippen LogP contribution in [0.25, 0.3) is 0 Å². The van der Waals surface area contributed by atoms with E-state index in [1.165, 1.54) is 11.3 Å². The summed E-state index contributed by atoms with van der Waals surface area (Å²) in [6, 6.07) is 11.2. The molecule has 0 spiro atoms. The third-order valence-corrected chi connectivity index (χ3v) is 2.82. The number of thiophene rings is 1. The Morgan fingerprint density at radius 1 is 1.19 bits per heavy atom. The number of amides is 2. The Labute approximate surface area is 98.1 Å². The van der Waals surface area contributed by atoms with Crippen LogP contribution in [0.15, 0.2) is 41.8 Å². The van der Waals surface area contributed by atoms with E-state index in [-0.39, 0.29) is 6.03 Å². The van der Waals surface area contributed by atoms with Gasteiger partial charge in [0.05, 0.1) is 5.00 Å². The fourth-order valence-corrected chi connectivity index (χ4v) is 1.96. The van der Waals surface area contributed by atoms with Crippen LogP contribution >= 0.6 is 11.3 Å². The summed E-state index contributed by atoms with van der Waals surface area (Å²) in [5.74, 6) is 0. The highest BCUT2D eigenvalue weighted by atomic mass is 32.1. The van der Waals surface area contributed by atoms with Gasteiger partial charge < -0.3 is 5.32 Å². The van der Waals surface area contributed by atoms with Crippen LogP contribution in [-0.4, -0.2) is 6.03 Å². The molecular weight excluding hydrogens is 220 g/mol. The van der Waals surface area contributed by atoms with Gasteiger partial charge in [-0.1, -0.05) is 12.1 Å². The van der Waals surface area contributed by atoms with Gasteiger partial charge in [0.25, 0.3) is 0 Å². The minimum Gasteiger partial charge on any atom is -0.308 e. The third-order valence-electron chi connectivity index (χ3n) is 2.03. The molecule has 2 aromatic rings. The molecule has 0 aliphatic rings. The average molecular weight is 232 g/mol. The molecule has 0 bridgehead atoms. The van der Waals surface area contributed by atoms with Crippen LogP contribution in [0, 0.1) is 6.92 Å². The van der Waals surface area contributed by atoms with Crippen molar-refractivity contribution in [1.82, 2.24) is 0 Å². The van der Waals surface area contributed by atoms with Gasteiger partial charge in [-0.2, -0.15) is 0 Å². The van der Waals surface area contributed by atoms with E-state index in [0.29, 0.717) is 0 Å². The van der Waals surface area contributed by atoms with Gasteiger partial charge in [-0.05, 0) is 42.1 Å². The molecule has 1 heterocycles. The molecule has 2 amide bonds. The molecule has 2 N–H and O–H groups in total. The van der Waals surface area contributed by atoms with Crippen molar-refractivity contribution in [3.05, 3.63) is 47.3 Å². The van der Waals surface area contributed by atoms with Crippen molar-refractivity contribution < 1.29 is 4.79 Å². The maximum atomic E-state index is 11.6. The lowest BCUT2D eigenvalue weighted by Gasteiger charge is -2.06. The van der Waals surface area contributed by atoms with E-state index >= 15 is 0 Å².